The lowest BCUT2D eigenvalue weighted by Gasteiger charge is -2.37. The van der Waals surface area contributed by atoms with Gasteiger partial charge in [0, 0.05) is 37.5 Å². The van der Waals surface area contributed by atoms with Crippen LogP contribution in [0.1, 0.15) is 23.7 Å². The number of fused-ring (bicyclic) bond motifs is 1. The first-order chi connectivity index (χ1) is 13.7. The summed E-state index contributed by atoms with van der Waals surface area (Å²) in [4.78, 5) is 11.1. The molecule has 5 rings (SSSR count). The fraction of sp³-hybridized carbons (Fsp3) is 0.350. The van der Waals surface area contributed by atoms with Gasteiger partial charge in [-0.2, -0.15) is 5.10 Å². The average Bonchev–Trinajstić information content (AvgIpc) is 3.38. The topological polar surface area (TPSA) is 85.5 Å². The monoisotopic (exact) mass is 379 g/mol. The molecule has 0 amide bonds. The highest BCUT2D eigenvalue weighted by Crippen LogP contribution is 2.38. The summed E-state index contributed by atoms with van der Waals surface area (Å²) in [5.74, 6) is 3.77. The molecule has 0 aliphatic carbocycles. The lowest BCUT2D eigenvalue weighted by Crippen LogP contribution is -2.43. The summed E-state index contributed by atoms with van der Waals surface area (Å²) in [6.07, 6.45) is 3.89. The zero-order valence-corrected chi connectivity index (χ0v) is 15.5. The molecule has 1 fully saturated rings. The van der Waals surface area contributed by atoms with Gasteiger partial charge < -0.3 is 19.5 Å². The van der Waals surface area contributed by atoms with Crippen molar-refractivity contribution in [1.82, 2.24) is 19.7 Å². The largest absolute Gasteiger partial charge is 0.454 e. The highest BCUT2D eigenvalue weighted by molar-refractivity contribution is 5.48. The van der Waals surface area contributed by atoms with E-state index >= 15 is 0 Å². The Balaban J connectivity index is 1.36. The molecule has 1 aromatic carbocycles. The number of anilines is 1. The quantitative estimate of drug-likeness (QED) is 0.745. The lowest BCUT2D eigenvalue weighted by molar-refractivity contribution is 0.129. The van der Waals surface area contributed by atoms with Crippen LogP contribution in [0.4, 0.5) is 5.82 Å². The van der Waals surface area contributed by atoms with Crippen LogP contribution in [0.25, 0.3) is 5.82 Å². The summed E-state index contributed by atoms with van der Waals surface area (Å²) < 4.78 is 12.6. The number of benzene rings is 1. The van der Waals surface area contributed by atoms with Crippen LogP contribution in [0.2, 0.25) is 0 Å². The first kappa shape index (κ1) is 17.0. The van der Waals surface area contributed by atoms with Crippen molar-refractivity contribution < 1.29 is 14.6 Å². The normalized spacial score (nSPS) is 21.1. The second-order valence-electron chi connectivity index (χ2n) is 7.10. The molecule has 2 aliphatic heterocycles. The molecule has 8 heteroatoms. The standard InChI is InChI=1S/C20H21N5O3/c1-13-22-19(10-20(23-13)25-7-2-6-21-25)24-8-5-15(16(26)11-24)14-3-4-17-18(9-14)28-12-27-17/h2-4,6-7,9-10,15-16,26H,5,8,11-12H2,1H3/t15-,16+/m0/s1. The fourth-order valence-electron chi connectivity index (χ4n) is 3.89. The average molecular weight is 379 g/mol. The first-order valence-corrected chi connectivity index (χ1v) is 9.35. The van der Waals surface area contributed by atoms with Gasteiger partial charge in [0.25, 0.3) is 0 Å². The molecular formula is C20H21N5O3. The molecule has 0 spiro atoms. The summed E-state index contributed by atoms with van der Waals surface area (Å²) in [5, 5.41) is 15.1. The number of aliphatic hydroxyl groups is 1. The van der Waals surface area contributed by atoms with Gasteiger partial charge in [-0.05, 0) is 37.1 Å². The Kier molecular flexibility index (Phi) is 4.12. The Morgan fingerprint density at radius 2 is 1.96 bits per heavy atom. The Hall–Kier alpha value is -3.13. The molecule has 1 saturated heterocycles. The van der Waals surface area contributed by atoms with Crippen molar-refractivity contribution in [2.75, 3.05) is 24.8 Å². The molecule has 2 atom stereocenters. The maximum Gasteiger partial charge on any atom is 0.231 e. The van der Waals surface area contributed by atoms with Gasteiger partial charge in [0.05, 0.1) is 6.10 Å². The van der Waals surface area contributed by atoms with Crippen LogP contribution < -0.4 is 14.4 Å². The first-order valence-electron chi connectivity index (χ1n) is 9.35. The van der Waals surface area contributed by atoms with Gasteiger partial charge in [-0.15, -0.1) is 0 Å². The smallest absolute Gasteiger partial charge is 0.231 e. The zero-order chi connectivity index (χ0) is 19.1. The maximum atomic E-state index is 10.9. The molecule has 4 heterocycles. The van der Waals surface area contributed by atoms with Crippen molar-refractivity contribution >= 4 is 5.82 Å². The number of aliphatic hydroxyl groups excluding tert-OH is 1. The number of hydrogen-bond donors (Lipinski definition) is 1. The number of piperidine rings is 1. The Morgan fingerprint density at radius 1 is 1.11 bits per heavy atom. The summed E-state index contributed by atoms with van der Waals surface area (Å²) in [7, 11) is 0. The summed E-state index contributed by atoms with van der Waals surface area (Å²) in [5.41, 5.74) is 1.08. The van der Waals surface area contributed by atoms with Crippen LogP contribution in [0.15, 0.2) is 42.7 Å². The third-order valence-electron chi connectivity index (χ3n) is 5.28. The third kappa shape index (κ3) is 3.05. The Morgan fingerprint density at radius 3 is 2.79 bits per heavy atom. The van der Waals surface area contributed by atoms with Crippen LogP contribution in [0, 0.1) is 6.92 Å². The Labute approximate surface area is 162 Å². The van der Waals surface area contributed by atoms with Gasteiger partial charge in [0.1, 0.15) is 11.6 Å². The third-order valence-corrected chi connectivity index (χ3v) is 5.28. The predicted molar refractivity (Wildman–Crippen MR) is 102 cm³/mol. The van der Waals surface area contributed by atoms with Gasteiger partial charge >= 0.3 is 0 Å². The molecular weight excluding hydrogens is 358 g/mol. The van der Waals surface area contributed by atoms with Crippen molar-refractivity contribution in [3.05, 3.63) is 54.1 Å². The minimum Gasteiger partial charge on any atom is -0.454 e. The number of aryl methyl sites for hydroxylation is 1. The van der Waals surface area contributed by atoms with E-state index in [4.69, 9.17) is 9.47 Å². The van der Waals surface area contributed by atoms with Crippen molar-refractivity contribution in [2.24, 2.45) is 0 Å². The van der Waals surface area contributed by atoms with Crippen molar-refractivity contribution in [3.8, 4) is 17.3 Å². The van der Waals surface area contributed by atoms with Gasteiger partial charge in [0.15, 0.2) is 17.3 Å². The number of rotatable bonds is 3. The van der Waals surface area contributed by atoms with E-state index in [9.17, 15) is 5.11 Å². The molecule has 3 aromatic rings. The molecule has 0 radical (unpaired) electrons. The number of β-amino-alcohol motifs (C(OH)–C–C–N with tert-alkyl or cyclic N) is 1. The van der Waals surface area contributed by atoms with E-state index in [1.165, 1.54) is 0 Å². The van der Waals surface area contributed by atoms with Crippen molar-refractivity contribution in [2.45, 2.75) is 25.4 Å². The second-order valence-corrected chi connectivity index (χ2v) is 7.10. The highest BCUT2D eigenvalue weighted by atomic mass is 16.7. The summed E-state index contributed by atoms with van der Waals surface area (Å²) >= 11 is 0. The molecule has 2 aliphatic rings. The summed E-state index contributed by atoms with van der Waals surface area (Å²) in [6.45, 7) is 3.43. The molecule has 0 unspecified atom stereocenters. The lowest BCUT2D eigenvalue weighted by atomic mass is 9.87. The Bertz CT molecular complexity index is 992. The molecule has 28 heavy (non-hydrogen) atoms. The van der Waals surface area contributed by atoms with Crippen molar-refractivity contribution in [3.63, 3.8) is 0 Å². The minimum absolute atomic E-state index is 0.0549. The van der Waals surface area contributed by atoms with E-state index in [2.05, 4.69) is 20.0 Å². The fourth-order valence-corrected chi connectivity index (χ4v) is 3.89. The number of aromatic nitrogens is 4. The van der Waals surface area contributed by atoms with Gasteiger partial charge in [-0.3, -0.25) is 0 Å². The predicted octanol–water partition coefficient (Wildman–Crippen LogP) is 2.05. The number of nitrogens with zero attached hydrogens (tertiary/aromatic N) is 5. The van der Waals surface area contributed by atoms with Gasteiger partial charge in [0.2, 0.25) is 6.79 Å². The molecule has 8 nitrogen and oxygen atoms in total. The zero-order valence-electron chi connectivity index (χ0n) is 15.5. The minimum atomic E-state index is -0.502. The number of ether oxygens (including phenoxy) is 2. The van der Waals surface area contributed by atoms with Crippen LogP contribution >= 0.6 is 0 Å². The van der Waals surface area contributed by atoms with Crippen molar-refractivity contribution in [1.29, 1.82) is 0 Å². The highest BCUT2D eigenvalue weighted by Gasteiger charge is 2.31. The second kappa shape index (κ2) is 6.79. The van der Waals surface area contributed by atoms with E-state index in [0.29, 0.717) is 12.4 Å². The van der Waals surface area contributed by atoms with Crippen LogP contribution in [0.3, 0.4) is 0 Å². The van der Waals surface area contributed by atoms with E-state index < -0.39 is 6.10 Å². The van der Waals surface area contributed by atoms with Gasteiger partial charge in [-0.25, -0.2) is 14.6 Å². The van der Waals surface area contributed by atoms with Gasteiger partial charge in [-0.1, -0.05) is 6.07 Å². The SMILES string of the molecule is Cc1nc(N2CC[C@@H](c3ccc4c(c3)OCO4)[C@H](O)C2)cc(-n2cccn2)n1. The molecule has 0 saturated carbocycles. The van der Waals surface area contributed by atoms with Crippen LogP contribution in [0.5, 0.6) is 11.5 Å². The van der Waals surface area contributed by atoms with Crippen LogP contribution in [-0.2, 0) is 0 Å². The van der Waals surface area contributed by atoms with Crippen LogP contribution in [-0.4, -0.2) is 50.8 Å². The molecule has 1 N–H and O–H groups in total. The van der Waals surface area contributed by atoms with E-state index in [0.717, 1.165) is 41.7 Å². The van der Waals surface area contributed by atoms with E-state index in [1.54, 1.807) is 10.9 Å². The van der Waals surface area contributed by atoms with E-state index in [-0.39, 0.29) is 12.7 Å². The molecule has 0 bridgehead atoms. The molecule has 2 aromatic heterocycles. The summed E-state index contributed by atoms with van der Waals surface area (Å²) in [6, 6.07) is 9.69. The number of hydrogen-bond acceptors (Lipinski definition) is 7. The molecule has 144 valence electrons. The maximum absolute atomic E-state index is 10.9. The van der Waals surface area contributed by atoms with E-state index in [1.807, 2.05) is 43.5 Å².